The highest BCUT2D eigenvalue weighted by molar-refractivity contribution is 5.26. The second-order valence-electron chi connectivity index (χ2n) is 4.83. The molecule has 4 nitrogen and oxygen atoms in total. The van der Waals surface area contributed by atoms with Gasteiger partial charge in [-0.25, -0.2) is 20.4 Å². The van der Waals surface area contributed by atoms with E-state index in [1.54, 1.807) is 25.7 Å². The van der Waals surface area contributed by atoms with Crippen LogP contribution in [0.3, 0.4) is 0 Å². The van der Waals surface area contributed by atoms with E-state index in [1.165, 1.54) is 38.5 Å². The van der Waals surface area contributed by atoms with Crippen molar-refractivity contribution in [1.82, 2.24) is 0 Å². The number of isocyanates is 2. The normalized spacial score (nSPS) is 20.7. The van der Waals surface area contributed by atoms with Crippen LogP contribution in [0.5, 0.6) is 0 Å². The summed E-state index contributed by atoms with van der Waals surface area (Å²) in [7, 11) is 0. The molecule has 0 aromatic rings. The zero-order valence-electron chi connectivity index (χ0n) is 10.4. The second kappa shape index (κ2) is 9.95. The van der Waals surface area contributed by atoms with Crippen molar-refractivity contribution in [3.63, 3.8) is 0 Å². The van der Waals surface area contributed by atoms with Crippen molar-refractivity contribution in [3.05, 3.63) is 0 Å². The molecule has 0 bridgehead atoms. The predicted molar refractivity (Wildman–Crippen MR) is 65.4 cm³/mol. The summed E-state index contributed by atoms with van der Waals surface area (Å²) in [6, 6.07) is 0. The van der Waals surface area contributed by atoms with Gasteiger partial charge in [-0.1, -0.05) is 38.5 Å². The van der Waals surface area contributed by atoms with Gasteiger partial charge in [0.25, 0.3) is 0 Å². The highest BCUT2D eigenvalue weighted by Crippen LogP contribution is 2.47. The van der Waals surface area contributed by atoms with Crippen molar-refractivity contribution in [3.8, 4) is 0 Å². The van der Waals surface area contributed by atoms with Gasteiger partial charge in [-0.3, -0.25) is 0 Å². The number of rotatable bonds is 0. The van der Waals surface area contributed by atoms with Crippen LogP contribution in [0.1, 0.15) is 64.2 Å². The van der Waals surface area contributed by atoms with Crippen molar-refractivity contribution < 1.29 is 9.59 Å². The highest BCUT2D eigenvalue weighted by atomic mass is 16.1. The first kappa shape index (κ1) is 15.8. The molecule has 2 rings (SSSR count). The van der Waals surface area contributed by atoms with Gasteiger partial charge in [-0.15, -0.1) is 0 Å². The first-order valence-electron chi connectivity index (χ1n) is 6.32. The summed E-state index contributed by atoms with van der Waals surface area (Å²) in [6.45, 7) is 0. The minimum atomic E-state index is 0.750. The lowest BCUT2D eigenvalue weighted by atomic mass is 9.65. The molecule has 0 heterocycles. The Kier molecular flexibility index (Phi) is 9.22. The third-order valence-corrected chi connectivity index (χ3v) is 3.83. The van der Waals surface area contributed by atoms with Crippen molar-refractivity contribution in [1.29, 1.82) is 10.8 Å². The molecule has 17 heavy (non-hydrogen) atoms. The van der Waals surface area contributed by atoms with Gasteiger partial charge in [-0.05, 0) is 31.1 Å². The maximum atomic E-state index is 8.35. The molecule has 96 valence electrons. The maximum absolute atomic E-state index is 8.35. The zero-order chi connectivity index (χ0) is 13.0. The van der Waals surface area contributed by atoms with Gasteiger partial charge in [0, 0.05) is 0 Å². The molecule has 2 N–H and O–H groups in total. The standard InChI is InChI=1S/C11H20.2CHNO/c1-3-7-11(8-4-1)9-5-2-6-10-11;2*2-1-3/h1-10H2;2*2H. The molecule has 2 saturated carbocycles. The van der Waals surface area contributed by atoms with Crippen LogP contribution in [0.15, 0.2) is 0 Å². The fraction of sp³-hybridized carbons (Fsp3) is 0.846. The van der Waals surface area contributed by atoms with Crippen molar-refractivity contribution in [2.75, 3.05) is 0 Å². The van der Waals surface area contributed by atoms with E-state index < -0.39 is 0 Å². The molecule has 2 aliphatic rings. The van der Waals surface area contributed by atoms with E-state index in [9.17, 15) is 0 Å². The summed E-state index contributed by atoms with van der Waals surface area (Å²) < 4.78 is 0. The summed E-state index contributed by atoms with van der Waals surface area (Å²) in [5.41, 5.74) is 0.858. The summed E-state index contributed by atoms with van der Waals surface area (Å²) in [5, 5.41) is 10.8. The van der Waals surface area contributed by atoms with E-state index in [-0.39, 0.29) is 0 Å². The minimum absolute atomic E-state index is 0.750. The third-order valence-electron chi connectivity index (χ3n) is 3.83. The van der Waals surface area contributed by atoms with Crippen LogP contribution in [0.2, 0.25) is 0 Å². The molecule has 0 unspecified atom stereocenters. The quantitative estimate of drug-likeness (QED) is 0.498. The van der Waals surface area contributed by atoms with Crippen molar-refractivity contribution in [2.45, 2.75) is 64.2 Å². The molecule has 2 aliphatic carbocycles. The number of hydrogen-bond acceptors (Lipinski definition) is 4. The largest absolute Gasteiger partial charge is 0.231 e. The van der Waals surface area contributed by atoms with E-state index in [4.69, 9.17) is 20.4 Å². The smallest absolute Gasteiger partial charge is 0.222 e. The van der Waals surface area contributed by atoms with Crippen LogP contribution in [-0.2, 0) is 9.59 Å². The first-order chi connectivity index (χ1) is 8.24. The summed E-state index contributed by atoms with van der Waals surface area (Å²) >= 11 is 0. The molecule has 0 amide bonds. The monoisotopic (exact) mass is 238 g/mol. The van der Waals surface area contributed by atoms with Crippen LogP contribution in [0.25, 0.3) is 0 Å². The van der Waals surface area contributed by atoms with Gasteiger partial charge >= 0.3 is 0 Å². The Morgan fingerprint density at radius 3 is 1.12 bits per heavy atom. The van der Waals surface area contributed by atoms with Crippen molar-refractivity contribution >= 4 is 12.2 Å². The Morgan fingerprint density at radius 2 is 0.882 bits per heavy atom. The molecule has 0 atom stereocenters. The highest BCUT2D eigenvalue weighted by Gasteiger charge is 2.32. The first-order valence-corrected chi connectivity index (χ1v) is 6.32. The number of nitrogens with one attached hydrogen (secondary N) is 2. The van der Waals surface area contributed by atoms with E-state index in [0.717, 1.165) is 17.6 Å². The Labute approximate surface area is 103 Å². The summed E-state index contributed by atoms with van der Waals surface area (Å²) in [5.74, 6) is 0. The third kappa shape index (κ3) is 6.83. The van der Waals surface area contributed by atoms with Gasteiger partial charge < -0.3 is 0 Å². The molecule has 0 aromatic heterocycles. The molecule has 1 spiro atoms. The molecule has 0 aromatic carbocycles. The lowest BCUT2D eigenvalue weighted by Crippen LogP contribution is -2.26. The van der Waals surface area contributed by atoms with Gasteiger partial charge in [0.2, 0.25) is 12.2 Å². The SMILES string of the molecule is C1CCC2(CC1)CCCCC2.N=C=O.N=C=O. The fourth-order valence-electron chi connectivity index (χ4n) is 3.10. The van der Waals surface area contributed by atoms with Crippen molar-refractivity contribution in [2.24, 2.45) is 5.41 Å². The van der Waals surface area contributed by atoms with E-state index in [0.29, 0.717) is 0 Å². The Hall–Kier alpha value is -1.24. The van der Waals surface area contributed by atoms with Crippen LogP contribution < -0.4 is 0 Å². The Morgan fingerprint density at radius 1 is 0.647 bits per heavy atom. The summed E-state index contributed by atoms with van der Waals surface area (Å²) in [4.78, 5) is 16.7. The molecule has 0 saturated heterocycles. The lowest BCUT2D eigenvalue weighted by Gasteiger charge is -2.40. The average Bonchev–Trinajstić information content (AvgIpc) is 2.33. The Balaban J connectivity index is 0.000000366. The predicted octanol–water partition coefficient (Wildman–Crippen LogP) is 3.70. The second-order valence-corrected chi connectivity index (χ2v) is 4.83. The van der Waals surface area contributed by atoms with Gasteiger partial charge in [0.15, 0.2) is 0 Å². The van der Waals surface area contributed by atoms with E-state index in [2.05, 4.69) is 0 Å². The molecular formula is C13H22N2O2. The van der Waals surface area contributed by atoms with Crippen LogP contribution >= 0.6 is 0 Å². The molecule has 4 heteroatoms. The molecule has 0 aliphatic heterocycles. The fourth-order valence-corrected chi connectivity index (χ4v) is 3.10. The number of carbonyl (C=O) groups excluding carboxylic acids is 2. The summed E-state index contributed by atoms with van der Waals surface area (Å²) in [6.07, 6.45) is 16.9. The van der Waals surface area contributed by atoms with Gasteiger partial charge in [0.05, 0.1) is 0 Å². The topological polar surface area (TPSA) is 81.8 Å². The van der Waals surface area contributed by atoms with E-state index >= 15 is 0 Å². The Bertz CT molecular complexity index is 221. The van der Waals surface area contributed by atoms with Crippen LogP contribution in [0.4, 0.5) is 0 Å². The molecule has 2 fully saturated rings. The lowest BCUT2D eigenvalue weighted by molar-refractivity contribution is 0.124. The van der Waals surface area contributed by atoms with Gasteiger partial charge in [-0.2, -0.15) is 0 Å². The van der Waals surface area contributed by atoms with Crippen LogP contribution in [0, 0.1) is 16.2 Å². The molecule has 0 radical (unpaired) electrons. The molecular weight excluding hydrogens is 216 g/mol. The maximum Gasteiger partial charge on any atom is 0.231 e. The number of hydrogen-bond donors (Lipinski definition) is 2. The average molecular weight is 238 g/mol. The van der Waals surface area contributed by atoms with E-state index in [1.807, 2.05) is 0 Å². The minimum Gasteiger partial charge on any atom is -0.222 e. The van der Waals surface area contributed by atoms with Crippen LogP contribution in [-0.4, -0.2) is 12.2 Å². The zero-order valence-corrected chi connectivity index (χ0v) is 10.4. The van der Waals surface area contributed by atoms with Gasteiger partial charge in [0.1, 0.15) is 0 Å².